The van der Waals surface area contributed by atoms with Gasteiger partial charge in [-0.15, -0.1) is 0 Å². The lowest BCUT2D eigenvalue weighted by Gasteiger charge is -2.40. The van der Waals surface area contributed by atoms with Crippen LogP contribution in [0.25, 0.3) is 0 Å². The monoisotopic (exact) mass is 399 g/mol. The van der Waals surface area contributed by atoms with Crippen LogP contribution in [0.4, 0.5) is 4.39 Å². The molecule has 0 saturated carbocycles. The van der Waals surface area contributed by atoms with Crippen LogP contribution in [0.3, 0.4) is 0 Å². The van der Waals surface area contributed by atoms with Crippen LogP contribution in [0.2, 0.25) is 0 Å². The van der Waals surface area contributed by atoms with Crippen molar-refractivity contribution in [2.75, 3.05) is 39.3 Å². The topological polar surface area (TPSA) is 70.2 Å². The summed E-state index contributed by atoms with van der Waals surface area (Å²) < 4.78 is 47.3. The summed E-state index contributed by atoms with van der Waals surface area (Å²) in [6, 6.07) is 5.85. The average Bonchev–Trinajstić information content (AvgIpc) is 2.63. The van der Waals surface area contributed by atoms with E-state index in [-0.39, 0.29) is 43.4 Å². The normalized spacial score (nSPS) is 25.5. The number of rotatable bonds is 4. The molecule has 3 rings (SSSR count). The van der Waals surface area contributed by atoms with Gasteiger partial charge in [-0.2, -0.15) is 17.0 Å². The zero-order chi connectivity index (χ0) is 19.6. The van der Waals surface area contributed by atoms with E-state index in [9.17, 15) is 17.6 Å². The molecule has 1 aromatic carbocycles. The molecule has 0 aliphatic carbocycles. The maximum absolute atomic E-state index is 13.0. The van der Waals surface area contributed by atoms with Crippen molar-refractivity contribution in [3.63, 3.8) is 0 Å². The molecule has 150 valence electrons. The molecular formula is C18H26FN3O4S. The zero-order valence-corrected chi connectivity index (χ0v) is 16.5. The number of carbonyl (C=O) groups excluding carboxylic acids is 1. The minimum atomic E-state index is -3.56. The first kappa shape index (κ1) is 20.2. The average molecular weight is 399 g/mol. The van der Waals surface area contributed by atoms with Gasteiger partial charge in [0.2, 0.25) is 5.91 Å². The number of piperazine rings is 1. The summed E-state index contributed by atoms with van der Waals surface area (Å²) in [5.74, 6) is -0.413. The smallest absolute Gasteiger partial charge is 0.282 e. The summed E-state index contributed by atoms with van der Waals surface area (Å²) in [7, 11) is -3.56. The lowest BCUT2D eigenvalue weighted by Crippen LogP contribution is -2.57. The molecule has 2 aliphatic heterocycles. The number of ether oxygens (including phenoxy) is 1. The van der Waals surface area contributed by atoms with Crippen molar-refractivity contribution in [2.45, 2.75) is 32.5 Å². The largest absolute Gasteiger partial charge is 0.373 e. The van der Waals surface area contributed by atoms with Crippen molar-refractivity contribution in [1.29, 1.82) is 0 Å². The number of hydrogen-bond donors (Lipinski definition) is 0. The van der Waals surface area contributed by atoms with Gasteiger partial charge in [0.15, 0.2) is 0 Å². The van der Waals surface area contributed by atoms with Crippen LogP contribution in [0, 0.1) is 5.82 Å². The molecule has 2 aliphatic rings. The van der Waals surface area contributed by atoms with Gasteiger partial charge in [-0.25, -0.2) is 4.39 Å². The van der Waals surface area contributed by atoms with E-state index in [1.54, 1.807) is 17.0 Å². The van der Waals surface area contributed by atoms with Crippen LogP contribution in [0.15, 0.2) is 24.3 Å². The number of halogens is 1. The Morgan fingerprint density at radius 3 is 2.15 bits per heavy atom. The molecule has 27 heavy (non-hydrogen) atoms. The molecule has 7 nitrogen and oxygen atoms in total. The molecule has 2 atom stereocenters. The lowest BCUT2D eigenvalue weighted by molar-refractivity contribution is -0.131. The van der Waals surface area contributed by atoms with Gasteiger partial charge in [0.25, 0.3) is 10.2 Å². The third kappa shape index (κ3) is 4.84. The van der Waals surface area contributed by atoms with Gasteiger partial charge >= 0.3 is 0 Å². The molecule has 0 radical (unpaired) electrons. The Kier molecular flexibility index (Phi) is 6.15. The summed E-state index contributed by atoms with van der Waals surface area (Å²) in [4.78, 5) is 14.1. The van der Waals surface area contributed by atoms with Crippen LogP contribution >= 0.6 is 0 Å². The Bertz CT molecular complexity index is 753. The lowest BCUT2D eigenvalue weighted by atomic mass is 10.1. The van der Waals surface area contributed by atoms with Gasteiger partial charge in [0.1, 0.15) is 5.82 Å². The van der Waals surface area contributed by atoms with Crippen molar-refractivity contribution in [2.24, 2.45) is 0 Å². The van der Waals surface area contributed by atoms with E-state index >= 15 is 0 Å². The summed E-state index contributed by atoms with van der Waals surface area (Å²) in [6.07, 6.45) is -0.0879. The molecule has 9 heteroatoms. The highest BCUT2D eigenvalue weighted by atomic mass is 32.2. The Morgan fingerprint density at radius 1 is 1.04 bits per heavy atom. The highest BCUT2D eigenvalue weighted by Crippen LogP contribution is 2.19. The van der Waals surface area contributed by atoms with Crippen molar-refractivity contribution >= 4 is 16.1 Å². The second kappa shape index (κ2) is 8.22. The second-order valence-corrected chi connectivity index (χ2v) is 9.09. The van der Waals surface area contributed by atoms with Gasteiger partial charge < -0.3 is 9.64 Å². The maximum atomic E-state index is 13.0. The van der Waals surface area contributed by atoms with E-state index in [1.165, 1.54) is 20.7 Å². The van der Waals surface area contributed by atoms with E-state index in [4.69, 9.17) is 4.74 Å². The first-order valence-electron chi connectivity index (χ1n) is 9.18. The standard InChI is InChI=1S/C18H26FN3O4S/c1-14-12-22(13-15(2)26-14)27(24,25)21-9-7-20(8-10-21)18(23)11-16-3-5-17(19)6-4-16/h3-6,14-15H,7-13H2,1-2H3/t14-,15-/m1/s1. The highest BCUT2D eigenvalue weighted by molar-refractivity contribution is 7.86. The van der Waals surface area contributed by atoms with Crippen LogP contribution in [0.5, 0.6) is 0 Å². The molecule has 1 amide bonds. The Labute approximate surface area is 159 Å². The molecule has 0 spiro atoms. The molecule has 2 heterocycles. The fraction of sp³-hybridized carbons (Fsp3) is 0.611. The van der Waals surface area contributed by atoms with Crippen molar-refractivity contribution in [1.82, 2.24) is 13.5 Å². The number of carbonyl (C=O) groups is 1. The van der Waals surface area contributed by atoms with Crippen LogP contribution in [0.1, 0.15) is 19.4 Å². The molecule has 2 saturated heterocycles. The fourth-order valence-electron chi connectivity index (χ4n) is 3.54. The predicted molar refractivity (Wildman–Crippen MR) is 98.8 cm³/mol. The number of morpholine rings is 1. The van der Waals surface area contributed by atoms with Crippen molar-refractivity contribution < 1.29 is 22.3 Å². The number of hydrogen-bond acceptors (Lipinski definition) is 4. The minimum Gasteiger partial charge on any atom is -0.373 e. The summed E-state index contributed by atoms with van der Waals surface area (Å²) >= 11 is 0. The van der Waals surface area contributed by atoms with Gasteiger partial charge in [-0.3, -0.25) is 4.79 Å². The van der Waals surface area contributed by atoms with Crippen molar-refractivity contribution in [3.05, 3.63) is 35.6 Å². The quantitative estimate of drug-likeness (QED) is 0.753. The van der Waals surface area contributed by atoms with Gasteiger partial charge in [-0.05, 0) is 31.5 Å². The third-order valence-corrected chi connectivity index (χ3v) is 6.87. The van der Waals surface area contributed by atoms with Crippen LogP contribution in [-0.4, -0.2) is 79.3 Å². The van der Waals surface area contributed by atoms with Crippen molar-refractivity contribution in [3.8, 4) is 0 Å². The molecule has 0 bridgehead atoms. The Balaban J connectivity index is 1.56. The van der Waals surface area contributed by atoms with E-state index in [0.29, 0.717) is 26.2 Å². The zero-order valence-electron chi connectivity index (χ0n) is 15.7. The molecule has 2 fully saturated rings. The number of benzene rings is 1. The van der Waals surface area contributed by atoms with Crippen LogP contribution < -0.4 is 0 Å². The highest BCUT2D eigenvalue weighted by Gasteiger charge is 2.37. The maximum Gasteiger partial charge on any atom is 0.282 e. The van der Waals surface area contributed by atoms with Crippen LogP contribution in [-0.2, 0) is 26.2 Å². The van der Waals surface area contributed by atoms with E-state index in [2.05, 4.69) is 0 Å². The van der Waals surface area contributed by atoms with Gasteiger partial charge in [-0.1, -0.05) is 12.1 Å². The Morgan fingerprint density at radius 2 is 1.59 bits per heavy atom. The first-order valence-corrected chi connectivity index (χ1v) is 10.6. The van der Waals surface area contributed by atoms with E-state index < -0.39 is 10.2 Å². The molecule has 1 aromatic rings. The second-order valence-electron chi connectivity index (χ2n) is 7.17. The number of nitrogens with zero attached hydrogens (tertiary/aromatic N) is 3. The third-order valence-electron chi connectivity index (χ3n) is 4.90. The van der Waals surface area contributed by atoms with Gasteiger partial charge in [0.05, 0.1) is 18.6 Å². The predicted octanol–water partition coefficient (Wildman–Crippen LogP) is 0.866. The molecule has 0 aromatic heterocycles. The van der Waals surface area contributed by atoms with Gasteiger partial charge in [0, 0.05) is 39.3 Å². The fourth-order valence-corrected chi connectivity index (χ4v) is 5.29. The van der Waals surface area contributed by atoms with E-state index in [1.807, 2.05) is 13.8 Å². The Hall–Kier alpha value is -1.55. The summed E-state index contributed by atoms with van der Waals surface area (Å²) in [6.45, 7) is 5.68. The van der Waals surface area contributed by atoms with E-state index in [0.717, 1.165) is 5.56 Å². The SMILES string of the molecule is C[C@@H]1CN(S(=O)(=O)N2CCN(C(=O)Cc3ccc(F)cc3)CC2)C[C@@H](C)O1. The molecule has 0 unspecified atom stereocenters. The number of amides is 1. The molecular weight excluding hydrogens is 373 g/mol. The molecule has 0 N–H and O–H groups in total. The summed E-state index contributed by atoms with van der Waals surface area (Å²) in [5, 5.41) is 0. The first-order chi connectivity index (χ1) is 12.8. The minimum absolute atomic E-state index is 0.0766. The summed E-state index contributed by atoms with van der Waals surface area (Å²) in [5.41, 5.74) is 0.743.